The van der Waals surface area contributed by atoms with Crippen LogP contribution in [0.25, 0.3) is 11.0 Å². The molecule has 6 rings (SSSR count). The number of hydrogen-bond acceptors (Lipinski definition) is 9. The van der Waals surface area contributed by atoms with Crippen molar-refractivity contribution in [2.24, 2.45) is 11.3 Å². The fourth-order valence-electron chi connectivity index (χ4n) is 7.88. The maximum absolute atomic E-state index is 14.3. The van der Waals surface area contributed by atoms with E-state index in [0.29, 0.717) is 62.1 Å². The Morgan fingerprint density at radius 2 is 1.62 bits per heavy atom. The van der Waals surface area contributed by atoms with Crippen molar-refractivity contribution in [2.45, 2.75) is 52.0 Å². The molecule has 1 unspecified atom stereocenters. The number of piperidine rings is 1. The molecule has 2 aliphatic heterocycles. The van der Waals surface area contributed by atoms with Gasteiger partial charge in [0.1, 0.15) is 5.82 Å². The third-order valence-electron chi connectivity index (χ3n) is 10.8. The number of ether oxygens (including phenoxy) is 4. The summed E-state index contributed by atoms with van der Waals surface area (Å²) in [7, 11) is 4.44. The lowest BCUT2D eigenvalue weighted by molar-refractivity contribution is -0.134. The smallest absolute Gasteiger partial charge is 0.260 e. The number of fused-ring (bicyclic) bond motifs is 1. The molecule has 53 heavy (non-hydrogen) atoms. The summed E-state index contributed by atoms with van der Waals surface area (Å²) < 4.78 is 37.8. The molecule has 2 fully saturated rings. The van der Waals surface area contributed by atoms with E-state index in [4.69, 9.17) is 23.9 Å². The second-order valence-corrected chi connectivity index (χ2v) is 13.9. The molecule has 0 saturated carbocycles. The van der Waals surface area contributed by atoms with Gasteiger partial charge in [0.15, 0.2) is 17.3 Å². The largest absolute Gasteiger partial charge is 0.493 e. The summed E-state index contributed by atoms with van der Waals surface area (Å²) in [4.78, 5) is 50.5. The van der Waals surface area contributed by atoms with Crippen LogP contribution in [-0.4, -0.2) is 97.7 Å². The molecule has 11 nitrogen and oxygen atoms in total. The lowest BCUT2D eigenvalue weighted by Gasteiger charge is -2.33. The number of imide groups is 1. The fourth-order valence-corrected chi connectivity index (χ4v) is 7.88. The van der Waals surface area contributed by atoms with E-state index >= 15 is 0 Å². The summed E-state index contributed by atoms with van der Waals surface area (Å²) in [5, 5.41) is 0. The number of hydrogen-bond donors (Lipinski definition) is 0. The van der Waals surface area contributed by atoms with Crippen LogP contribution in [-0.2, 0) is 22.5 Å². The van der Waals surface area contributed by atoms with Crippen molar-refractivity contribution in [1.82, 2.24) is 19.4 Å². The summed E-state index contributed by atoms with van der Waals surface area (Å²) in [6, 6.07) is 17.2. The monoisotopic (exact) mass is 728 g/mol. The Balaban J connectivity index is 1.12. The second kappa shape index (κ2) is 16.9. The summed E-state index contributed by atoms with van der Waals surface area (Å²) in [5.74, 6) is 0.437. The summed E-state index contributed by atoms with van der Waals surface area (Å²) in [5.41, 5.74) is 2.02. The number of carbonyl (C=O) groups is 3. The van der Waals surface area contributed by atoms with Gasteiger partial charge in [0.05, 0.1) is 44.4 Å². The lowest BCUT2D eigenvalue weighted by atomic mass is 9.76. The van der Waals surface area contributed by atoms with Crippen LogP contribution < -0.4 is 14.2 Å². The number of ketones is 1. The Hall–Kier alpha value is -4.81. The Morgan fingerprint density at radius 3 is 2.28 bits per heavy atom. The predicted molar refractivity (Wildman–Crippen MR) is 198 cm³/mol. The number of benzene rings is 3. The average molecular weight is 729 g/mol. The first kappa shape index (κ1) is 37.9. The maximum Gasteiger partial charge on any atom is 0.260 e. The zero-order valence-corrected chi connectivity index (χ0v) is 31.1. The van der Waals surface area contributed by atoms with E-state index in [9.17, 15) is 18.8 Å². The van der Waals surface area contributed by atoms with Gasteiger partial charge >= 0.3 is 0 Å². The molecule has 0 N–H and O–H groups in total. The predicted octanol–water partition coefficient (Wildman–Crippen LogP) is 6.21. The minimum absolute atomic E-state index is 0.0732. The van der Waals surface area contributed by atoms with E-state index in [1.807, 2.05) is 35.8 Å². The van der Waals surface area contributed by atoms with E-state index < -0.39 is 11.3 Å². The van der Waals surface area contributed by atoms with Crippen LogP contribution in [0, 0.1) is 17.2 Å². The number of halogens is 1. The highest BCUT2D eigenvalue weighted by Gasteiger charge is 2.48. The zero-order chi connectivity index (χ0) is 37.5. The number of amides is 2. The topological polar surface area (TPSA) is 112 Å². The normalized spacial score (nSPS) is 18.1. The zero-order valence-electron chi connectivity index (χ0n) is 31.1. The summed E-state index contributed by atoms with van der Waals surface area (Å²) >= 11 is 0. The van der Waals surface area contributed by atoms with Gasteiger partial charge < -0.3 is 28.4 Å². The quantitative estimate of drug-likeness (QED) is 0.0755. The molecule has 12 heteroatoms. The number of aromatic nitrogens is 2. The second-order valence-electron chi connectivity index (χ2n) is 13.9. The Labute approximate surface area is 310 Å². The van der Waals surface area contributed by atoms with Crippen molar-refractivity contribution >= 4 is 28.6 Å². The molecule has 2 aliphatic rings. The number of Topliss-reactive ketones (excluding diaryl/α,β-unsaturated/α-hetero) is 1. The van der Waals surface area contributed by atoms with Crippen molar-refractivity contribution in [2.75, 3.05) is 60.7 Å². The van der Waals surface area contributed by atoms with Crippen LogP contribution >= 0.6 is 0 Å². The highest BCUT2D eigenvalue weighted by molar-refractivity contribution is 6.08. The maximum atomic E-state index is 14.3. The molecular weight excluding hydrogens is 679 g/mol. The van der Waals surface area contributed by atoms with Gasteiger partial charge in [-0.3, -0.25) is 19.3 Å². The number of rotatable bonds is 16. The first-order chi connectivity index (χ1) is 25.7. The Morgan fingerprint density at radius 1 is 0.925 bits per heavy atom. The minimum Gasteiger partial charge on any atom is -0.493 e. The molecule has 0 spiro atoms. The first-order valence-corrected chi connectivity index (χ1v) is 18.4. The van der Waals surface area contributed by atoms with E-state index in [1.165, 1.54) is 38.4 Å². The molecule has 3 heterocycles. The highest BCUT2D eigenvalue weighted by atomic mass is 19.1. The average Bonchev–Trinajstić information content (AvgIpc) is 3.71. The molecule has 0 aliphatic carbocycles. The van der Waals surface area contributed by atoms with Crippen LogP contribution in [0.15, 0.2) is 60.7 Å². The number of likely N-dealkylation sites (tertiary alicyclic amines) is 2. The Kier molecular flexibility index (Phi) is 12.1. The van der Waals surface area contributed by atoms with E-state index in [-0.39, 0.29) is 35.5 Å². The molecule has 2 saturated heterocycles. The van der Waals surface area contributed by atoms with Gasteiger partial charge in [0.2, 0.25) is 17.4 Å². The van der Waals surface area contributed by atoms with Crippen molar-refractivity contribution in [3.8, 4) is 17.2 Å². The molecule has 3 aromatic carbocycles. The van der Waals surface area contributed by atoms with Crippen LogP contribution in [0.4, 0.5) is 4.39 Å². The number of para-hydroxylation sites is 2. The van der Waals surface area contributed by atoms with Gasteiger partial charge in [0.25, 0.3) is 5.91 Å². The van der Waals surface area contributed by atoms with E-state index in [2.05, 4.69) is 4.90 Å². The Bertz CT molecular complexity index is 1900. The number of imidazole rings is 1. The number of carbonyl (C=O) groups excluding carboxylic acids is 3. The van der Waals surface area contributed by atoms with Gasteiger partial charge in [-0.2, -0.15) is 0 Å². The minimum atomic E-state index is -0.830. The molecule has 1 aromatic heterocycles. The molecule has 282 valence electrons. The summed E-state index contributed by atoms with van der Waals surface area (Å²) in [6.07, 6.45) is 3.62. The van der Waals surface area contributed by atoms with Crippen molar-refractivity contribution in [3.05, 3.63) is 83.4 Å². The highest BCUT2D eigenvalue weighted by Crippen LogP contribution is 2.43. The molecule has 0 bridgehead atoms. The standard InChI is InChI=1S/C41H49FN4O7/c1-5-53-24-23-45-33-10-7-6-9-32(33)43-38(45)36(47)29-15-20-44(21-16-29)19-8-17-41(27-28-11-13-31(42)14-12-28)18-22-46(40(41)49)39(48)30-25-34(50-2)37(52-4)35(26-30)51-3/h6-7,9-14,25-26,29H,5,8,15-24,27H2,1-4H3. The van der Waals surface area contributed by atoms with Crippen LogP contribution in [0.3, 0.4) is 0 Å². The van der Waals surface area contributed by atoms with Gasteiger partial charge in [-0.1, -0.05) is 24.3 Å². The third-order valence-corrected chi connectivity index (χ3v) is 10.8. The first-order valence-electron chi connectivity index (χ1n) is 18.4. The molecule has 1 atom stereocenters. The van der Waals surface area contributed by atoms with Crippen LogP contribution in [0.1, 0.15) is 65.6 Å². The van der Waals surface area contributed by atoms with Crippen molar-refractivity contribution < 1.29 is 37.7 Å². The van der Waals surface area contributed by atoms with Crippen LogP contribution in [0.2, 0.25) is 0 Å². The van der Waals surface area contributed by atoms with Gasteiger partial charge in [-0.05, 0) is 107 Å². The fraction of sp³-hybridized carbons (Fsp3) is 0.463. The van der Waals surface area contributed by atoms with Gasteiger partial charge in [0, 0.05) is 31.2 Å². The van der Waals surface area contributed by atoms with E-state index in [1.54, 1.807) is 24.3 Å². The van der Waals surface area contributed by atoms with Crippen molar-refractivity contribution in [3.63, 3.8) is 0 Å². The van der Waals surface area contributed by atoms with Crippen LogP contribution in [0.5, 0.6) is 17.2 Å². The lowest BCUT2D eigenvalue weighted by Crippen LogP contribution is -2.41. The SMILES string of the molecule is CCOCCn1c(C(=O)C2CCN(CCCC3(Cc4ccc(F)cc4)CCN(C(=O)c4cc(OC)c(OC)c(OC)c4)C3=O)CC2)nc2ccccc21. The molecule has 2 amide bonds. The van der Waals surface area contributed by atoms with Crippen molar-refractivity contribution in [1.29, 1.82) is 0 Å². The molecule has 4 aromatic rings. The molecular formula is C41H49FN4O7. The number of nitrogens with zero attached hydrogens (tertiary/aromatic N) is 4. The third kappa shape index (κ3) is 8.08. The molecule has 0 radical (unpaired) electrons. The van der Waals surface area contributed by atoms with Gasteiger partial charge in [-0.25, -0.2) is 9.37 Å². The van der Waals surface area contributed by atoms with E-state index in [0.717, 1.165) is 55.5 Å². The summed E-state index contributed by atoms with van der Waals surface area (Å²) in [6.45, 7) is 6.20. The number of methoxy groups -OCH3 is 3. The van der Waals surface area contributed by atoms with Gasteiger partial charge in [-0.15, -0.1) is 0 Å².